The van der Waals surface area contributed by atoms with E-state index >= 15 is 0 Å². The molecule has 0 radical (unpaired) electrons. The number of anilines is 2. The summed E-state index contributed by atoms with van der Waals surface area (Å²) in [6, 6.07) is 11.2. The van der Waals surface area contributed by atoms with Crippen LogP contribution in [0.5, 0.6) is 0 Å². The summed E-state index contributed by atoms with van der Waals surface area (Å²) in [6.07, 6.45) is 0. The molecule has 2 aromatic rings. The maximum Gasteiger partial charge on any atom is 0.339 e. The van der Waals surface area contributed by atoms with Gasteiger partial charge in [0.05, 0.1) is 31.0 Å². The van der Waals surface area contributed by atoms with E-state index in [0.717, 1.165) is 0 Å². The third-order valence-electron chi connectivity index (χ3n) is 3.62. The van der Waals surface area contributed by atoms with Crippen LogP contribution in [0.15, 0.2) is 42.5 Å². The zero-order valence-electron chi connectivity index (χ0n) is 15.0. The Labute approximate surface area is 161 Å². The van der Waals surface area contributed by atoms with Gasteiger partial charge >= 0.3 is 11.9 Å². The van der Waals surface area contributed by atoms with Gasteiger partial charge in [-0.25, -0.2) is 9.59 Å². The average Bonchev–Trinajstić information content (AvgIpc) is 2.66. The second kappa shape index (κ2) is 8.91. The van der Waals surface area contributed by atoms with Crippen LogP contribution in [0.4, 0.5) is 11.4 Å². The number of carbonyl (C=O) groups is 3. The first-order chi connectivity index (χ1) is 12.8. The van der Waals surface area contributed by atoms with Crippen LogP contribution >= 0.6 is 12.2 Å². The lowest BCUT2D eigenvalue weighted by Crippen LogP contribution is -2.21. The fourth-order valence-electron chi connectivity index (χ4n) is 2.28. The number of methoxy groups -OCH3 is 2. The summed E-state index contributed by atoms with van der Waals surface area (Å²) in [5.74, 6) is -1.21. The Morgan fingerprint density at radius 1 is 0.889 bits per heavy atom. The molecule has 0 aliphatic carbocycles. The number of carbonyl (C=O) groups excluding carboxylic acids is 3. The molecule has 140 valence electrons. The van der Waals surface area contributed by atoms with Gasteiger partial charge in [0.15, 0.2) is 10.9 Å². The maximum absolute atomic E-state index is 12.0. The van der Waals surface area contributed by atoms with Crippen molar-refractivity contribution in [2.75, 3.05) is 24.9 Å². The largest absolute Gasteiger partial charge is 0.465 e. The van der Waals surface area contributed by atoms with Crippen LogP contribution in [-0.2, 0) is 9.47 Å². The molecule has 0 unspecified atom stereocenters. The number of hydrogen-bond donors (Lipinski definition) is 2. The molecule has 0 fully saturated rings. The lowest BCUT2D eigenvalue weighted by atomic mass is 10.1. The topological polar surface area (TPSA) is 93.7 Å². The smallest absolute Gasteiger partial charge is 0.339 e. The second-order valence-electron chi connectivity index (χ2n) is 5.46. The van der Waals surface area contributed by atoms with E-state index in [1.54, 1.807) is 24.3 Å². The summed E-state index contributed by atoms with van der Waals surface area (Å²) in [6.45, 7) is 1.47. The zero-order valence-corrected chi connectivity index (χ0v) is 15.8. The Morgan fingerprint density at radius 2 is 1.59 bits per heavy atom. The van der Waals surface area contributed by atoms with Crippen LogP contribution in [0.1, 0.15) is 38.0 Å². The first-order valence-corrected chi connectivity index (χ1v) is 8.26. The van der Waals surface area contributed by atoms with Crippen LogP contribution in [0.2, 0.25) is 0 Å². The van der Waals surface area contributed by atoms with E-state index in [4.69, 9.17) is 21.7 Å². The molecule has 0 bridgehead atoms. The quantitative estimate of drug-likeness (QED) is 0.459. The number of Topliss-reactive ketones (excluding diaryl/α,β-unsaturated/α-hetero) is 1. The molecule has 0 saturated carbocycles. The molecular weight excluding hydrogens is 368 g/mol. The van der Waals surface area contributed by atoms with Crippen molar-refractivity contribution in [3.05, 3.63) is 59.2 Å². The van der Waals surface area contributed by atoms with Crippen molar-refractivity contribution in [1.29, 1.82) is 0 Å². The van der Waals surface area contributed by atoms with E-state index < -0.39 is 11.9 Å². The molecule has 0 amide bonds. The van der Waals surface area contributed by atoms with Crippen molar-refractivity contribution < 1.29 is 23.9 Å². The van der Waals surface area contributed by atoms with Crippen LogP contribution in [-0.4, -0.2) is 37.1 Å². The van der Waals surface area contributed by atoms with Gasteiger partial charge in [-0.3, -0.25) is 4.79 Å². The molecule has 2 aromatic carbocycles. The predicted molar refractivity (Wildman–Crippen MR) is 105 cm³/mol. The lowest BCUT2D eigenvalue weighted by molar-refractivity contribution is 0.0587. The van der Waals surface area contributed by atoms with Gasteiger partial charge in [0.25, 0.3) is 0 Å². The minimum Gasteiger partial charge on any atom is -0.465 e. The van der Waals surface area contributed by atoms with E-state index in [1.165, 1.54) is 39.3 Å². The molecule has 7 nitrogen and oxygen atoms in total. The number of rotatable bonds is 5. The van der Waals surface area contributed by atoms with Crippen molar-refractivity contribution in [3.63, 3.8) is 0 Å². The molecule has 0 saturated heterocycles. The monoisotopic (exact) mass is 386 g/mol. The highest BCUT2D eigenvalue weighted by Crippen LogP contribution is 2.20. The third-order valence-corrected chi connectivity index (χ3v) is 3.83. The molecule has 8 heteroatoms. The number of hydrogen-bond acceptors (Lipinski definition) is 6. The van der Waals surface area contributed by atoms with E-state index in [1.807, 2.05) is 0 Å². The Bertz CT molecular complexity index is 911. The highest BCUT2D eigenvalue weighted by molar-refractivity contribution is 7.80. The number of ketones is 1. The van der Waals surface area contributed by atoms with Gasteiger partial charge < -0.3 is 20.1 Å². The number of ether oxygens (including phenoxy) is 2. The molecule has 2 N–H and O–H groups in total. The van der Waals surface area contributed by atoms with Gasteiger partial charge in [-0.05, 0) is 49.5 Å². The molecule has 0 atom stereocenters. The summed E-state index contributed by atoms with van der Waals surface area (Å²) in [7, 11) is 2.52. The van der Waals surface area contributed by atoms with Gasteiger partial charge in [0.2, 0.25) is 0 Å². The van der Waals surface area contributed by atoms with Gasteiger partial charge in [0, 0.05) is 11.3 Å². The Balaban J connectivity index is 2.27. The van der Waals surface area contributed by atoms with Gasteiger partial charge in [-0.15, -0.1) is 0 Å². The van der Waals surface area contributed by atoms with Gasteiger partial charge in [-0.2, -0.15) is 0 Å². The van der Waals surface area contributed by atoms with Crippen molar-refractivity contribution in [2.24, 2.45) is 0 Å². The number of nitrogens with one attached hydrogen (secondary N) is 2. The van der Waals surface area contributed by atoms with E-state index in [2.05, 4.69) is 10.6 Å². The molecular formula is C19H18N2O5S. The summed E-state index contributed by atoms with van der Waals surface area (Å²) >= 11 is 5.27. The van der Waals surface area contributed by atoms with E-state index in [0.29, 0.717) is 11.3 Å². The fraction of sp³-hybridized carbons (Fsp3) is 0.158. The molecule has 2 rings (SSSR count). The zero-order chi connectivity index (χ0) is 20.0. The maximum atomic E-state index is 12.0. The number of thiocarbonyl (C=S) groups is 1. The highest BCUT2D eigenvalue weighted by atomic mass is 32.1. The normalized spacial score (nSPS) is 9.89. The SMILES string of the molecule is COC(=O)c1ccc(C(=O)OC)c(NC(=S)Nc2cccc(C(C)=O)c2)c1. The minimum atomic E-state index is -0.588. The van der Waals surface area contributed by atoms with Crippen molar-refractivity contribution in [3.8, 4) is 0 Å². The van der Waals surface area contributed by atoms with Crippen LogP contribution in [0.25, 0.3) is 0 Å². The minimum absolute atomic E-state index is 0.0729. The third kappa shape index (κ3) is 5.11. The molecule has 0 aromatic heterocycles. The van der Waals surface area contributed by atoms with E-state index in [9.17, 15) is 14.4 Å². The molecule has 0 aliphatic rings. The highest BCUT2D eigenvalue weighted by Gasteiger charge is 2.16. The van der Waals surface area contributed by atoms with Crippen molar-refractivity contribution in [1.82, 2.24) is 0 Å². The summed E-state index contributed by atoms with van der Waals surface area (Å²) in [5, 5.41) is 5.97. The van der Waals surface area contributed by atoms with Crippen LogP contribution in [0, 0.1) is 0 Å². The standard InChI is InChI=1S/C19H18N2O5S/c1-11(22)12-5-4-6-14(9-12)20-19(27)21-16-10-13(17(23)25-2)7-8-15(16)18(24)26-3/h4-10H,1-3H3,(H2,20,21,27). The Morgan fingerprint density at radius 3 is 2.22 bits per heavy atom. The summed E-state index contributed by atoms with van der Waals surface area (Å²) < 4.78 is 9.44. The molecule has 0 spiro atoms. The van der Waals surface area contributed by atoms with Crippen molar-refractivity contribution >= 4 is 46.4 Å². The first kappa shape index (κ1) is 20.1. The number of esters is 2. The molecule has 0 aliphatic heterocycles. The summed E-state index contributed by atoms with van der Waals surface area (Å²) in [5.41, 5.74) is 1.86. The van der Waals surface area contributed by atoms with Crippen LogP contribution in [0.3, 0.4) is 0 Å². The van der Waals surface area contributed by atoms with Crippen molar-refractivity contribution in [2.45, 2.75) is 6.92 Å². The van der Waals surface area contributed by atoms with Gasteiger partial charge in [0.1, 0.15) is 0 Å². The Kier molecular flexibility index (Phi) is 6.62. The van der Waals surface area contributed by atoms with Gasteiger partial charge in [-0.1, -0.05) is 12.1 Å². The average molecular weight is 386 g/mol. The van der Waals surface area contributed by atoms with Crippen LogP contribution < -0.4 is 10.6 Å². The number of benzene rings is 2. The van der Waals surface area contributed by atoms with E-state index in [-0.39, 0.29) is 27.7 Å². The lowest BCUT2D eigenvalue weighted by Gasteiger charge is -2.14. The second-order valence-corrected chi connectivity index (χ2v) is 5.87. The first-order valence-electron chi connectivity index (χ1n) is 7.85. The fourth-order valence-corrected chi connectivity index (χ4v) is 2.51. The Hall–Kier alpha value is -3.26. The summed E-state index contributed by atoms with van der Waals surface area (Å²) in [4.78, 5) is 35.2. The molecule has 27 heavy (non-hydrogen) atoms. The predicted octanol–water partition coefficient (Wildman–Crippen LogP) is 3.27. The molecule has 0 heterocycles.